The molecular weight excluding hydrogens is 476 g/mol. The van der Waals surface area contributed by atoms with Gasteiger partial charge in [0.15, 0.2) is 11.4 Å². The van der Waals surface area contributed by atoms with Crippen LogP contribution in [-0.2, 0) is 30.3 Å². The van der Waals surface area contributed by atoms with Crippen molar-refractivity contribution in [2.75, 3.05) is 0 Å². The second-order valence-electron chi connectivity index (χ2n) is 12.7. The highest BCUT2D eigenvalue weighted by atomic mass is 16.6. The third kappa shape index (κ3) is 4.26. The average Bonchev–Trinajstić information content (AvgIpc) is 3.17. The Morgan fingerprint density at radius 2 is 1.63 bits per heavy atom. The van der Waals surface area contributed by atoms with E-state index in [9.17, 15) is 14.4 Å². The Morgan fingerprint density at radius 1 is 0.921 bits per heavy atom. The van der Waals surface area contributed by atoms with Gasteiger partial charge in [0, 0.05) is 18.8 Å². The summed E-state index contributed by atoms with van der Waals surface area (Å²) >= 11 is 0. The summed E-state index contributed by atoms with van der Waals surface area (Å²) in [6.07, 6.45) is 10.7. The number of hydrogen-bond acceptors (Lipinski definition) is 5. The number of allylic oxidation sites excluding steroid dienone is 3. The van der Waals surface area contributed by atoms with Crippen LogP contribution in [-0.4, -0.2) is 29.4 Å². The first-order valence-electron chi connectivity index (χ1n) is 14.4. The molecule has 4 aliphatic carbocycles. The maximum Gasteiger partial charge on any atom is 0.306 e. The number of fused-ring (bicyclic) bond motifs is 5. The summed E-state index contributed by atoms with van der Waals surface area (Å²) in [4.78, 5) is 37.7. The number of ether oxygens (including phenoxy) is 2. The molecule has 1 aromatic carbocycles. The molecule has 4 aliphatic rings. The number of aryl methyl sites for hydroxylation is 1. The third-order valence-corrected chi connectivity index (χ3v) is 10.7. The molecule has 0 amide bonds. The number of ketones is 1. The smallest absolute Gasteiger partial charge is 0.306 e. The van der Waals surface area contributed by atoms with E-state index in [2.05, 4.69) is 32.9 Å². The zero-order chi connectivity index (χ0) is 27.3. The first-order valence-corrected chi connectivity index (χ1v) is 14.4. The minimum Gasteiger partial charge on any atom is -0.458 e. The summed E-state index contributed by atoms with van der Waals surface area (Å²) in [6.45, 7) is 9.78. The van der Waals surface area contributed by atoms with Gasteiger partial charge in [0.1, 0.15) is 6.10 Å². The van der Waals surface area contributed by atoms with Crippen molar-refractivity contribution in [3.05, 3.63) is 59.2 Å². The molecular formula is C33H42O5. The van der Waals surface area contributed by atoms with Gasteiger partial charge in [-0.15, -0.1) is 0 Å². The van der Waals surface area contributed by atoms with Gasteiger partial charge in [-0.05, 0) is 99.2 Å². The van der Waals surface area contributed by atoms with Crippen LogP contribution in [0, 0.1) is 28.6 Å². The number of carbonyl (C=O) groups is 3. The average molecular weight is 519 g/mol. The van der Waals surface area contributed by atoms with Gasteiger partial charge in [-0.2, -0.15) is 0 Å². The molecule has 1 aromatic rings. The van der Waals surface area contributed by atoms with Gasteiger partial charge in [-0.1, -0.05) is 55.8 Å². The minimum atomic E-state index is -1.02. The Kier molecular flexibility index (Phi) is 6.94. The van der Waals surface area contributed by atoms with Crippen LogP contribution in [0.25, 0.3) is 0 Å². The largest absolute Gasteiger partial charge is 0.458 e. The number of carbonyl (C=O) groups excluding carboxylic acids is 3. The van der Waals surface area contributed by atoms with Gasteiger partial charge in [0.25, 0.3) is 0 Å². The Hall–Kier alpha value is -2.69. The molecule has 0 radical (unpaired) electrons. The fourth-order valence-electron chi connectivity index (χ4n) is 8.83. The fraction of sp³-hybridized carbons (Fsp3) is 0.606. The van der Waals surface area contributed by atoms with Crippen molar-refractivity contribution in [2.24, 2.45) is 28.6 Å². The van der Waals surface area contributed by atoms with Crippen LogP contribution < -0.4 is 0 Å². The van der Waals surface area contributed by atoms with Crippen LogP contribution in [0.5, 0.6) is 0 Å². The summed E-state index contributed by atoms with van der Waals surface area (Å²) in [5, 5.41) is 0. The summed E-state index contributed by atoms with van der Waals surface area (Å²) in [5.74, 6) is 0.580. The lowest BCUT2D eigenvalue weighted by molar-refractivity contribution is -0.185. The summed E-state index contributed by atoms with van der Waals surface area (Å²) in [7, 11) is 0. The van der Waals surface area contributed by atoms with Crippen LogP contribution in [0.15, 0.2) is 53.6 Å². The number of hydrogen-bond donors (Lipinski definition) is 0. The van der Waals surface area contributed by atoms with Crippen LogP contribution in [0.1, 0.15) is 85.1 Å². The van der Waals surface area contributed by atoms with E-state index in [-0.39, 0.29) is 34.7 Å². The van der Waals surface area contributed by atoms with Gasteiger partial charge in [0.2, 0.25) is 0 Å². The van der Waals surface area contributed by atoms with E-state index in [0.29, 0.717) is 37.0 Å². The first kappa shape index (κ1) is 26.9. The Labute approximate surface area is 227 Å². The number of rotatable bonds is 6. The molecule has 0 N–H and O–H groups in total. The molecule has 5 nitrogen and oxygen atoms in total. The van der Waals surface area contributed by atoms with E-state index >= 15 is 0 Å². The highest BCUT2D eigenvalue weighted by Crippen LogP contribution is 2.68. The summed E-state index contributed by atoms with van der Waals surface area (Å²) in [5.41, 5.74) is 2.38. The van der Waals surface area contributed by atoms with E-state index < -0.39 is 5.60 Å². The van der Waals surface area contributed by atoms with E-state index in [0.717, 1.165) is 37.7 Å². The highest BCUT2D eigenvalue weighted by Gasteiger charge is 2.67. The SMILES string of the molecule is CC(=O)O[C@]1(C(C)=O)CC[C@H]2[C@@H]3C=C(C)C4=C[C@@H](OC(=O)CCc5ccccc5)CC[C@]4(C)[C@H]3CC[C@@]21C. The molecule has 5 rings (SSSR count). The molecule has 0 bridgehead atoms. The van der Waals surface area contributed by atoms with E-state index in [1.54, 1.807) is 6.92 Å². The molecule has 5 heteroatoms. The number of Topliss-reactive ketones (excluding diaryl/α,β-unsaturated/α-hetero) is 1. The predicted octanol–water partition coefficient (Wildman–Crippen LogP) is 6.55. The Bertz CT molecular complexity index is 1180. The van der Waals surface area contributed by atoms with Crippen molar-refractivity contribution < 1.29 is 23.9 Å². The molecule has 2 saturated carbocycles. The third-order valence-electron chi connectivity index (χ3n) is 10.7. The molecule has 2 fully saturated rings. The number of benzene rings is 1. The van der Waals surface area contributed by atoms with E-state index in [1.807, 2.05) is 30.3 Å². The normalized spacial score (nSPS) is 37.6. The molecule has 0 aliphatic heterocycles. The maximum absolute atomic E-state index is 13.0. The monoisotopic (exact) mass is 518 g/mol. The van der Waals surface area contributed by atoms with Gasteiger partial charge in [-0.3, -0.25) is 14.4 Å². The van der Waals surface area contributed by atoms with E-state index in [4.69, 9.17) is 9.47 Å². The summed E-state index contributed by atoms with van der Waals surface area (Å²) in [6, 6.07) is 10.1. The topological polar surface area (TPSA) is 69.7 Å². The molecule has 7 atom stereocenters. The van der Waals surface area contributed by atoms with Crippen molar-refractivity contribution in [3.8, 4) is 0 Å². The molecule has 0 spiro atoms. The van der Waals surface area contributed by atoms with Gasteiger partial charge >= 0.3 is 11.9 Å². The van der Waals surface area contributed by atoms with Gasteiger partial charge in [0.05, 0.1) is 0 Å². The zero-order valence-electron chi connectivity index (χ0n) is 23.5. The standard InChI is InChI=1S/C33H42O5/c1-21-19-26-27(14-17-32(5)28(26)15-18-33(32,22(2)34)38-23(3)35)31(4)16-13-25(20-29(21)31)37-30(36)12-11-24-9-7-6-8-10-24/h6-10,19-20,25-28H,11-18H2,1-5H3/t25-,26+,27-,28-,31+,32-,33-/m0/s1. The van der Waals surface area contributed by atoms with Crippen molar-refractivity contribution in [1.82, 2.24) is 0 Å². The van der Waals surface area contributed by atoms with Crippen molar-refractivity contribution in [1.29, 1.82) is 0 Å². The first-order chi connectivity index (χ1) is 18.0. The highest BCUT2D eigenvalue weighted by molar-refractivity contribution is 5.89. The van der Waals surface area contributed by atoms with Gasteiger partial charge in [-0.25, -0.2) is 0 Å². The van der Waals surface area contributed by atoms with Crippen molar-refractivity contribution >= 4 is 17.7 Å². The molecule has 0 aromatic heterocycles. The van der Waals surface area contributed by atoms with Crippen molar-refractivity contribution in [2.45, 2.75) is 97.7 Å². The van der Waals surface area contributed by atoms with Gasteiger partial charge < -0.3 is 9.47 Å². The lowest BCUT2D eigenvalue weighted by atomic mass is 9.47. The molecule has 204 valence electrons. The lowest BCUT2D eigenvalue weighted by Crippen LogP contribution is -2.58. The Balaban J connectivity index is 1.36. The van der Waals surface area contributed by atoms with Crippen LogP contribution in [0.3, 0.4) is 0 Å². The lowest BCUT2D eigenvalue weighted by Gasteiger charge is -2.58. The quantitative estimate of drug-likeness (QED) is 0.399. The Morgan fingerprint density at radius 3 is 2.32 bits per heavy atom. The van der Waals surface area contributed by atoms with Crippen LogP contribution >= 0.6 is 0 Å². The fourth-order valence-corrected chi connectivity index (χ4v) is 8.83. The molecule has 0 saturated heterocycles. The van der Waals surface area contributed by atoms with Crippen LogP contribution in [0.4, 0.5) is 0 Å². The second kappa shape index (κ2) is 9.81. The molecule has 38 heavy (non-hydrogen) atoms. The summed E-state index contributed by atoms with van der Waals surface area (Å²) < 4.78 is 11.8. The minimum absolute atomic E-state index is 0.0146. The maximum atomic E-state index is 13.0. The molecule has 0 unspecified atom stereocenters. The second-order valence-corrected chi connectivity index (χ2v) is 12.7. The zero-order valence-corrected chi connectivity index (χ0v) is 23.5. The van der Waals surface area contributed by atoms with Crippen molar-refractivity contribution in [3.63, 3.8) is 0 Å². The molecule has 0 heterocycles. The van der Waals surface area contributed by atoms with E-state index in [1.165, 1.54) is 18.1 Å². The number of esters is 2. The van der Waals surface area contributed by atoms with Crippen LogP contribution in [0.2, 0.25) is 0 Å². The predicted molar refractivity (Wildman–Crippen MR) is 146 cm³/mol.